The van der Waals surface area contributed by atoms with Crippen molar-refractivity contribution in [2.24, 2.45) is 0 Å². The summed E-state index contributed by atoms with van der Waals surface area (Å²) < 4.78 is 0. The van der Waals surface area contributed by atoms with Gasteiger partial charge in [0, 0.05) is 31.2 Å². The zero-order chi connectivity index (χ0) is 25.7. The standard InChI is InChI=1S/C29H31Cl2N3O2/c1-20(35)2-3-21-6-13-27(26(31)16-21)34-15-14-33(18-28(34)23-9-11-25(30)12-10-23)19-29(36)24-7-4-22(17-32)5-8-24/h4-13,16,20,28-29,35-36H,2-3,14-15,18-19H2,1H3/t20-,28-,29+/m0/s1. The summed E-state index contributed by atoms with van der Waals surface area (Å²) in [6, 6.07) is 23.3. The van der Waals surface area contributed by atoms with Gasteiger partial charge in [-0.3, -0.25) is 4.90 Å². The molecule has 0 spiro atoms. The molecule has 1 aliphatic heterocycles. The van der Waals surface area contributed by atoms with Crippen molar-refractivity contribution in [2.75, 3.05) is 31.1 Å². The summed E-state index contributed by atoms with van der Waals surface area (Å²) in [5.41, 5.74) is 4.60. The molecule has 188 valence electrons. The van der Waals surface area contributed by atoms with Crippen molar-refractivity contribution in [3.8, 4) is 6.07 Å². The van der Waals surface area contributed by atoms with Crippen LogP contribution in [0.4, 0.5) is 5.69 Å². The molecule has 5 nitrogen and oxygen atoms in total. The third-order valence-electron chi connectivity index (χ3n) is 6.75. The molecule has 0 unspecified atom stereocenters. The Labute approximate surface area is 223 Å². The van der Waals surface area contributed by atoms with E-state index in [2.05, 4.69) is 28.0 Å². The molecule has 0 amide bonds. The number of aryl methyl sites for hydroxylation is 1. The quantitative estimate of drug-likeness (QED) is 0.391. The third kappa shape index (κ3) is 6.59. The Bertz CT molecular complexity index is 1190. The number of aliphatic hydroxyl groups excluding tert-OH is 2. The van der Waals surface area contributed by atoms with E-state index >= 15 is 0 Å². The van der Waals surface area contributed by atoms with E-state index < -0.39 is 6.10 Å². The van der Waals surface area contributed by atoms with Crippen LogP contribution in [0.2, 0.25) is 10.0 Å². The molecule has 3 atom stereocenters. The van der Waals surface area contributed by atoms with Crippen molar-refractivity contribution in [3.63, 3.8) is 0 Å². The number of benzene rings is 3. The number of β-amino-alcohol motifs (C(OH)–C–C–N with tert-alkyl or cyclic N) is 1. The van der Waals surface area contributed by atoms with Crippen molar-refractivity contribution in [1.29, 1.82) is 5.26 Å². The summed E-state index contributed by atoms with van der Waals surface area (Å²) >= 11 is 12.9. The molecule has 3 aromatic carbocycles. The molecule has 0 bridgehead atoms. The van der Waals surface area contributed by atoms with E-state index in [1.807, 2.05) is 42.5 Å². The normalized spacial score (nSPS) is 18.0. The first-order chi connectivity index (χ1) is 17.3. The number of anilines is 1. The number of piperazine rings is 1. The van der Waals surface area contributed by atoms with Gasteiger partial charge < -0.3 is 15.1 Å². The highest BCUT2D eigenvalue weighted by Gasteiger charge is 2.30. The molecule has 0 radical (unpaired) electrons. The minimum atomic E-state index is -0.646. The summed E-state index contributed by atoms with van der Waals surface area (Å²) in [5.74, 6) is 0. The number of hydrogen-bond donors (Lipinski definition) is 2. The van der Waals surface area contributed by atoms with Crippen LogP contribution in [-0.2, 0) is 6.42 Å². The maximum absolute atomic E-state index is 10.9. The van der Waals surface area contributed by atoms with Gasteiger partial charge in [-0.1, -0.05) is 53.5 Å². The molecular weight excluding hydrogens is 493 g/mol. The minimum absolute atomic E-state index is 0.0324. The Hall–Kier alpha value is -2.59. The van der Waals surface area contributed by atoms with Gasteiger partial charge in [0.25, 0.3) is 0 Å². The van der Waals surface area contributed by atoms with Crippen molar-refractivity contribution >= 4 is 28.9 Å². The van der Waals surface area contributed by atoms with Gasteiger partial charge in [-0.05, 0) is 72.9 Å². The highest BCUT2D eigenvalue weighted by molar-refractivity contribution is 6.33. The Morgan fingerprint density at radius 3 is 2.36 bits per heavy atom. The first-order valence-electron chi connectivity index (χ1n) is 12.2. The molecule has 1 saturated heterocycles. The van der Waals surface area contributed by atoms with Crippen molar-refractivity contribution in [2.45, 2.75) is 38.0 Å². The maximum Gasteiger partial charge on any atom is 0.0991 e. The Kier molecular flexibility index (Phi) is 8.90. The molecule has 36 heavy (non-hydrogen) atoms. The summed E-state index contributed by atoms with van der Waals surface area (Å²) in [4.78, 5) is 4.60. The van der Waals surface area contributed by atoms with Crippen LogP contribution in [0.1, 0.15) is 47.7 Å². The lowest BCUT2D eigenvalue weighted by Gasteiger charge is -2.44. The van der Waals surface area contributed by atoms with Crippen LogP contribution in [0.15, 0.2) is 66.7 Å². The van der Waals surface area contributed by atoms with Crippen molar-refractivity contribution < 1.29 is 10.2 Å². The van der Waals surface area contributed by atoms with Crippen LogP contribution in [0.3, 0.4) is 0 Å². The zero-order valence-electron chi connectivity index (χ0n) is 20.3. The fourth-order valence-corrected chi connectivity index (χ4v) is 5.15. The van der Waals surface area contributed by atoms with Crippen LogP contribution in [0.25, 0.3) is 0 Å². The predicted molar refractivity (Wildman–Crippen MR) is 146 cm³/mol. The van der Waals surface area contributed by atoms with Crippen LogP contribution < -0.4 is 4.90 Å². The van der Waals surface area contributed by atoms with Gasteiger partial charge in [0.15, 0.2) is 0 Å². The van der Waals surface area contributed by atoms with E-state index in [0.717, 1.165) is 48.4 Å². The largest absolute Gasteiger partial charge is 0.393 e. The van der Waals surface area contributed by atoms with E-state index in [0.29, 0.717) is 28.6 Å². The maximum atomic E-state index is 10.9. The molecule has 0 aromatic heterocycles. The van der Waals surface area contributed by atoms with Crippen molar-refractivity contribution in [3.05, 3.63) is 99.0 Å². The highest BCUT2D eigenvalue weighted by Crippen LogP contribution is 2.36. The zero-order valence-corrected chi connectivity index (χ0v) is 21.8. The number of nitriles is 1. The van der Waals surface area contributed by atoms with Gasteiger partial charge in [0.1, 0.15) is 0 Å². The molecule has 1 aliphatic rings. The van der Waals surface area contributed by atoms with E-state index in [1.165, 1.54) is 0 Å². The minimum Gasteiger partial charge on any atom is -0.393 e. The number of halogens is 2. The number of nitrogens with zero attached hydrogens (tertiary/aromatic N) is 3. The van der Waals surface area contributed by atoms with E-state index in [4.69, 9.17) is 28.5 Å². The summed E-state index contributed by atoms with van der Waals surface area (Å²) in [6.45, 7) is 4.53. The molecule has 0 aliphatic carbocycles. The van der Waals surface area contributed by atoms with E-state index in [9.17, 15) is 10.2 Å². The van der Waals surface area contributed by atoms with Gasteiger partial charge in [-0.25, -0.2) is 0 Å². The molecule has 0 saturated carbocycles. The Balaban J connectivity index is 1.54. The van der Waals surface area contributed by atoms with Gasteiger partial charge in [0.05, 0.1) is 40.6 Å². The first kappa shape index (κ1) is 26.5. The fourth-order valence-electron chi connectivity index (χ4n) is 4.71. The molecule has 1 heterocycles. The lowest BCUT2D eigenvalue weighted by atomic mass is 9.99. The van der Waals surface area contributed by atoms with Gasteiger partial charge in [0.2, 0.25) is 0 Å². The van der Waals surface area contributed by atoms with Gasteiger partial charge in [-0.15, -0.1) is 0 Å². The molecule has 3 aromatic rings. The average Bonchev–Trinajstić information content (AvgIpc) is 2.88. The fraction of sp³-hybridized carbons (Fsp3) is 0.345. The third-order valence-corrected chi connectivity index (χ3v) is 7.30. The van der Waals surface area contributed by atoms with E-state index in [1.54, 1.807) is 19.1 Å². The summed E-state index contributed by atoms with van der Waals surface area (Å²) in [7, 11) is 0. The topological polar surface area (TPSA) is 70.7 Å². The van der Waals surface area contributed by atoms with E-state index in [-0.39, 0.29) is 12.1 Å². The SMILES string of the molecule is C[C@H](O)CCc1ccc(N2CCN(C[C@@H](O)c3ccc(C#N)cc3)C[C@H]2c2ccc(Cl)cc2)c(Cl)c1. The number of aliphatic hydroxyl groups is 2. The summed E-state index contributed by atoms with van der Waals surface area (Å²) in [5, 5.41) is 30.9. The average molecular weight is 524 g/mol. The smallest absolute Gasteiger partial charge is 0.0991 e. The van der Waals surface area contributed by atoms with Gasteiger partial charge >= 0.3 is 0 Å². The molecule has 2 N–H and O–H groups in total. The second-order valence-corrected chi connectivity index (χ2v) is 10.3. The first-order valence-corrected chi connectivity index (χ1v) is 13.0. The second-order valence-electron chi connectivity index (χ2n) is 9.44. The Morgan fingerprint density at radius 1 is 1.00 bits per heavy atom. The second kappa shape index (κ2) is 12.1. The lowest BCUT2D eigenvalue weighted by Crippen LogP contribution is -2.49. The molecular formula is C29H31Cl2N3O2. The van der Waals surface area contributed by atoms with Gasteiger partial charge in [-0.2, -0.15) is 5.26 Å². The molecule has 1 fully saturated rings. The predicted octanol–water partition coefficient (Wildman–Crippen LogP) is 5.78. The highest BCUT2D eigenvalue weighted by atomic mass is 35.5. The van der Waals surface area contributed by atoms with Crippen LogP contribution in [0.5, 0.6) is 0 Å². The number of hydrogen-bond acceptors (Lipinski definition) is 5. The lowest BCUT2D eigenvalue weighted by molar-refractivity contribution is 0.100. The van der Waals surface area contributed by atoms with Crippen LogP contribution in [-0.4, -0.2) is 47.4 Å². The van der Waals surface area contributed by atoms with Crippen LogP contribution >= 0.6 is 23.2 Å². The van der Waals surface area contributed by atoms with Crippen molar-refractivity contribution in [1.82, 2.24) is 4.90 Å². The number of rotatable bonds is 8. The Morgan fingerprint density at radius 2 is 1.72 bits per heavy atom. The summed E-state index contributed by atoms with van der Waals surface area (Å²) in [6.07, 6.45) is 0.486. The monoisotopic (exact) mass is 523 g/mol. The molecule has 4 rings (SSSR count). The van der Waals surface area contributed by atoms with Crippen LogP contribution in [0, 0.1) is 11.3 Å². The molecule has 7 heteroatoms.